The molecular formula is C12H12F5NO. The van der Waals surface area contributed by atoms with E-state index in [4.69, 9.17) is 0 Å². The Kier molecular flexibility index (Phi) is 4.17. The number of nitrogens with zero attached hydrogens (tertiary/aromatic N) is 1. The maximum atomic E-state index is 13.0. The van der Waals surface area contributed by atoms with Crippen LogP contribution in [0.25, 0.3) is 0 Å². The summed E-state index contributed by atoms with van der Waals surface area (Å²) in [5, 5.41) is 0. The Balaban J connectivity index is 3.11. The number of benzene rings is 1. The lowest BCUT2D eigenvalue weighted by molar-refractivity contribution is -0.268. The third-order valence-corrected chi connectivity index (χ3v) is 2.53. The quantitative estimate of drug-likeness (QED) is 0.776. The third kappa shape index (κ3) is 3.02. The second-order valence-electron chi connectivity index (χ2n) is 3.96. The summed E-state index contributed by atoms with van der Waals surface area (Å²) >= 11 is 0. The molecule has 0 heterocycles. The number of hydrogen-bond acceptors (Lipinski definition) is 1. The topological polar surface area (TPSA) is 20.3 Å². The maximum Gasteiger partial charge on any atom is 0.463 e. The molecule has 0 bridgehead atoms. The van der Waals surface area contributed by atoms with Gasteiger partial charge in [-0.2, -0.15) is 22.0 Å². The van der Waals surface area contributed by atoms with Crippen LogP contribution >= 0.6 is 0 Å². The Labute approximate surface area is 106 Å². The number of rotatable bonds is 3. The molecule has 0 spiro atoms. The van der Waals surface area contributed by atoms with Crippen LogP contribution in [0.5, 0.6) is 0 Å². The van der Waals surface area contributed by atoms with Crippen molar-refractivity contribution in [3.05, 3.63) is 29.8 Å². The normalized spacial score (nSPS) is 12.4. The minimum Gasteiger partial charge on any atom is -0.307 e. The van der Waals surface area contributed by atoms with Gasteiger partial charge in [-0.1, -0.05) is 17.7 Å². The van der Waals surface area contributed by atoms with E-state index in [0.29, 0.717) is 4.90 Å². The van der Waals surface area contributed by atoms with Gasteiger partial charge < -0.3 is 4.90 Å². The number of aryl methyl sites for hydroxylation is 1. The van der Waals surface area contributed by atoms with E-state index in [1.165, 1.54) is 31.2 Å². The fourth-order valence-corrected chi connectivity index (χ4v) is 1.46. The lowest BCUT2D eigenvalue weighted by Gasteiger charge is -2.27. The zero-order chi connectivity index (χ0) is 14.8. The van der Waals surface area contributed by atoms with Gasteiger partial charge in [-0.15, -0.1) is 0 Å². The molecule has 0 aliphatic carbocycles. The largest absolute Gasteiger partial charge is 0.463 e. The number of halogens is 5. The summed E-state index contributed by atoms with van der Waals surface area (Å²) in [6.07, 6.45) is -5.90. The highest BCUT2D eigenvalue weighted by Crippen LogP contribution is 2.37. The first-order valence-electron chi connectivity index (χ1n) is 5.44. The van der Waals surface area contributed by atoms with E-state index in [1.807, 2.05) is 0 Å². The summed E-state index contributed by atoms with van der Waals surface area (Å²) in [6, 6.07) is 5.69. The summed E-state index contributed by atoms with van der Waals surface area (Å²) in [7, 11) is 0. The Morgan fingerprint density at radius 2 is 1.58 bits per heavy atom. The van der Waals surface area contributed by atoms with Crippen LogP contribution in [0.2, 0.25) is 0 Å². The zero-order valence-electron chi connectivity index (χ0n) is 10.3. The maximum absolute atomic E-state index is 13.0. The van der Waals surface area contributed by atoms with Crippen molar-refractivity contribution in [3.63, 3.8) is 0 Å². The van der Waals surface area contributed by atoms with Crippen molar-refractivity contribution in [1.29, 1.82) is 0 Å². The molecule has 0 aromatic heterocycles. The van der Waals surface area contributed by atoms with Gasteiger partial charge in [0, 0.05) is 12.2 Å². The zero-order valence-corrected chi connectivity index (χ0v) is 10.3. The van der Waals surface area contributed by atoms with Crippen molar-refractivity contribution in [2.24, 2.45) is 0 Å². The van der Waals surface area contributed by atoms with Gasteiger partial charge in [-0.25, -0.2) is 0 Å². The van der Waals surface area contributed by atoms with Crippen LogP contribution in [-0.2, 0) is 4.79 Å². The van der Waals surface area contributed by atoms with E-state index in [9.17, 15) is 26.7 Å². The molecule has 106 valence electrons. The van der Waals surface area contributed by atoms with Crippen LogP contribution in [-0.4, -0.2) is 24.6 Å². The third-order valence-electron chi connectivity index (χ3n) is 2.53. The van der Waals surface area contributed by atoms with Gasteiger partial charge in [0.1, 0.15) is 0 Å². The highest BCUT2D eigenvalue weighted by Gasteiger charge is 2.64. The van der Waals surface area contributed by atoms with Gasteiger partial charge in [-0.3, -0.25) is 4.79 Å². The average molecular weight is 281 g/mol. The molecule has 0 aliphatic heterocycles. The van der Waals surface area contributed by atoms with E-state index < -0.39 is 18.0 Å². The van der Waals surface area contributed by atoms with E-state index in [0.717, 1.165) is 5.56 Å². The van der Waals surface area contributed by atoms with E-state index in [2.05, 4.69) is 0 Å². The predicted molar refractivity (Wildman–Crippen MR) is 60.2 cm³/mol. The second kappa shape index (κ2) is 5.14. The lowest BCUT2D eigenvalue weighted by Crippen LogP contribution is -2.52. The van der Waals surface area contributed by atoms with Crippen LogP contribution in [0.15, 0.2) is 24.3 Å². The lowest BCUT2D eigenvalue weighted by atomic mass is 10.2. The first-order chi connectivity index (χ1) is 8.61. The summed E-state index contributed by atoms with van der Waals surface area (Å²) in [5.74, 6) is -7.67. The Hall–Kier alpha value is -1.66. The first-order valence-corrected chi connectivity index (χ1v) is 5.44. The summed E-state index contributed by atoms with van der Waals surface area (Å²) in [6.45, 7) is 2.77. The first kappa shape index (κ1) is 15.4. The fourth-order valence-electron chi connectivity index (χ4n) is 1.46. The molecule has 0 fully saturated rings. The molecule has 1 amide bonds. The minimum atomic E-state index is -5.90. The molecule has 19 heavy (non-hydrogen) atoms. The predicted octanol–water partition coefficient (Wildman–Crippen LogP) is 3.55. The highest BCUT2D eigenvalue weighted by atomic mass is 19.4. The van der Waals surface area contributed by atoms with E-state index in [-0.39, 0.29) is 12.2 Å². The van der Waals surface area contributed by atoms with Crippen LogP contribution < -0.4 is 4.90 Å². The summed E-state index contributed by atoms with van der Waals surface area (Å²) < 4.78 is 62.5. The van der Waals surface area contributed by atoms with Gasteiger partial charge in [0.2, 0.25) is 0 Å². The van der Waals surface area contributed by atoms with Gasteiger partial charge >= 0.3 is 18.0 Å². The SMILES string of the molecule is CCN(C(=O)C(F)(F)C(F)(F)F)c1ccc(C)cc1. The Bertz CT molecular complexity index is 452. The highest BCUT2D eigenvalue weighted by molar-refractivity contribution is 5.98. The molecule has 0 unspecified atom stereocenters. The molecule has 0 saturated carbocycles. The van der Waals surface area contributed by atoms with Crippen LogP contribution in [0, 0.1) is 6.92 Å². The van der Waals surface area contributed by atoms with Crippen LogP contribution in [0.4, 0.5) is 27.6 Å². The van der Waals surface area contributed by atoms with Crippen molar-refractivity contribution < 1.29 is 26.7 Å². The van der Waals surface area contributed by atoms with Gasteiger partial charge in [0.25, 0.3) is 0 Å². The van der Waals surface area contributed by atoms with Crippen LogP contribution in [0.3, 0.4) is 0 Å². The number of carbonyl (C=O) groups is 1. The van der Waals surface area contributed by atoms with E-state index in [1.54, 1.807) is 6.92 Å². The average Bonchev–Trinajstić information content (AvgIpc) is 2.30. The van der Waals surface area contributed by atoms with Gasteiger partial charge in [-0.05, 0) is 26.0 Å². The Morgan fingerprint density at radius 3 is 1.95 bits per heavy atom. The van der Waals surface area contributed by atoms with Gasteiger partial charge in [0.15, 0.2) is 0 Å². The van der Waals surface area contributed by atoms with Crippen molar-refractivity contribution >= 4 is 11.6 Å². The molecule has 0 saturated heterocycles. The monoisotopic (exact) mass is 281 g/mol. The van der Waals surface area contributed by atoms with Crippen molar-refractivity contribution in [2.45, 2.75) is 25.9 Å². The molecule has 1 aromatic carbocycles. The molecule has 2 nitrogen and oxygen atoms in total. The summed E-state index contributed by atoms with van der Waals surface area (Å²) in [5.41, 5.74) is 0.803. The molecule has 7 heteroatoms. The van der Waals surface area contributed by atoms with Gasteiger partial charge in [0.05, 0.1) is 0 Å². The molecule has 0 atom stereocenters. The second-order valence-corrected chi connectivity index (χ2v) is 3.96. The smallest absolute Gasteiger partial charge is 0.307 e. The Morgan fingerprint density at radius 1 is 1.11 bits per heavy atom. The number of carbonyl (C=O) groups excluding carboxylic acids is 1. The number of hydrogen-bond donors (Lipinski definition) is 0. The molecule has 1 rings (SSSR count). The summed E-state index contributed by atoms with van der Waals surface area (Å²) in [4.78, 5) is 11.8. The minimum absolute atomic E-state index is 0.00188. The molecular weight excluding hydrogens is 269 g/mol. The van der Waals surface area contributed by atoms with Crippen molar-refractivity contribution in [3.8, 4) is 0 Å². The molecule has 0 aliphatic rings. The number of anilines is 1. The van der Waals surface area contributed by atoms with Crippen molar-refractivity contribution in [2.75, 3.05) is 11.4 Å². The number of amides is 1. The molecule has 0 radical (unpaired) electrons. The molecule has 1 aromatic rings. The standard InChI is InChI=1S/C12H12F5NO/c1-3-18(9-6-4-8(2)5-7-9)10(19)11(13,14)12(15,16)17/h4-7H,3H2,1-2H3. The van der Waals surface area contributed by atoms with Crippen molar-refractivity contribution in [1.82, 2.24) is 0 Å². The molecule has 0 N–H and O–H groups in total. The van der Waals surface area contributed by atoms with Crippen LogP contribution in [0.1, 0.15) is 12.5 Å². The fraction of sp³-hybridized carbons (Fsp3) is 0.417. The van der Waals surface area contributed by atoms with E-state index >= 15 is 0 Å². The number of alkyl halides is 5.